The number of carbonyl (C=O) groups is 1. The van der Waals surface area contributed by atoms with E-state index in [2.05, 4.69) is 17.0 Å². The topological polar surface area (TPSA) is 49.6 Å². The van der Waals surface area contributed by atoms with Gasteiger partial charge in [0.15, 0.2) is 0 Å². The Balaban J connectivity index is 0.00000169. The summed E-state index contributed by atoms with van der Waals surface area (Å²) in [4.78, 5) is 17.1. The summed E-state index contributed by atoms with van der Waals surface area (Å²) in [5.41, 5.74) is 8.54. The third-order valence-electron chi connectivity index (χ3n) is 4.83. The molecule has 0 bridgehead atoms. The number of rotatable bonds is 4. The zero-order chi connectivity index (χ0) is 16.9. The first-order valence-electron chi connectivity index (χ1n) is 8.56. The Bertz CT molecular complexity index is 661. The van der Waals surface area contributed by atoms with Gasteiger partial charge in [0.05, 0.1) is 5.92 Å². The van der Waals surface area contributed by atoms with Crippen molar-refractivity contribution in [3.05, 3.63) is 66.2 Å². The van der Waals surface area contributed by atoms with Gasteiger partial charge in [-0.1, -0.05) is 55.5 Å². The van der Waals surface area contributed by atoms with Gasteiger partial charge in [-0.05, 0) is 17.7 Å². The predicted molar refractivity (Wildman–Crippen MR) is 112 cm³/mol. The standard InChI is InChI=1S/C20H25N3O.2ClH/c1-16(19(21)17-8-4-2-5-9-17)20(24)23-14-12-22(13-15-23)18-10-6-3-7-11-18;;/h2-11,16,19H,12-15,21H2,1H3;2*1H. The molecule has 1 saturated heterocycles. The zero-order valence-electron chi connectivity index (χ0n) is 15.0. The lowest BCUT2D eigenvalue weighted by Crippen LogP contribution is -2.51. The number of amides is 1. The molecule has 0 aromatic heterocycles. The molecule has 2 atom stereocenters. The second-order valence-electron chi connectivity index (χ2n) is 6.37. The predicted octanol–water partition coefficient (Wildman–Crippen LogP) is 3.51. The van der Waals surface area contributed by atoms with Gasteiger partial charge < -0.3 is 15.5 Å². The highest BCUT2D eigenvalue weighted by atomic mass is 35.5. The second kappa shape index (κ2) is 10.4. The Labute approximate surface area is 168 Å². The summed E-state index contributed by atoms with van der Waals surface area (Å²) in [7, 11) is 0. The molecule has 1 aliphatic rings. The molecule has 0 saturated carbocycles. The molecule has 2 aromatic carbocycles. The van der Waals surface area contributed by atoms with Gasteiger partial charge >= 0.3 is 0 Å². The van der Waals surface area contributed by atoms with E-state index in [-0.39, 0.29) is 42.7 Å². The molecule has 26 heavy (non-hydrogen) atoms. The maximum atomic E-state index is 12.8. The second-order valence-corrected chi connectivity index (χ2v) is 6.37. The Morgan fingerprint density at radius 3 is 1.92 bits per heavy atom. The first-order valence-corrected chi connectivity index (χ1v) is 8.56. The van der Waals surface area contributed by atoms with Crippen molar-refractivity contribution < 1.29 is 4.79 Å². The summed E-state index contributed by atoms with van der Waals surface area (Å²) < 4.78 is 0. The van der Waals surface area contributed by atoms with Crippen molar-refractivity contribution in [3.63, 3.8) is 0 Å². The average Bonchev–Trinajstić information content (AvgIpc) is 2.68. The van der Waals surface area contributed by atoms with Crippen LogP contribution in [0.5, 0.6) is 0 Å². The number of carbonyl (C=O) groups excluding carboxylic acids is 1. The Hall–Kier alpha value is -1.75. The van der Waals surface area contributed by atoms with E-state index in [1.165, 1.54) is 5.69 Å². The van der Waals surface area contributed by atoms with Crippen molar-refractivity contribution in [2.45, 2.75) is 13.0 Å². The third-order valence-corrected chi connectivity index (χ3v) is 4.83. The fraction of sp³-hybridized carbons (Fsp3) is 0.350. The minimum Gasteiger partial charge on any atom is -0.368 e. The van der Waals surface area contributed by atoms with E-state index in [0.29, 0.717) is 0 Å². The molecule has 2 N–H and O–H groups in total. The Morgan fingerprint density at radius 1 is 0.885 bits per heavy atom. The molecule has 2 unspecified atom stereocenters. The SMILES string of the molecule is CC(C(=O)N1CCN(c2ccccc2)CC1)C(N)c1ccccc1.Cl.Cl. The summed E-state index contributed by atoms with van der Waals surface area (Å²) in [6.45, 7) is 5.16. The van der Waals surface area contributed by atoms with Crippen molar-refractivity contribution in [3.8, 4) is 0 Å². The van der Waals surface area contributed by atoms with E-state index >= 15 is 0 Å². The largest absolute Gasteiger partial charge is 0.368 e. The van der Waals surface area contributed by atoms with Crippen LogP contribution in [0.4, 0.5) is 5.69 Å². The molecule has 0 radical (unpaired) electrons. The van der Waals surface area contributed by atoms with Crippen LogP contribution >= 0.6 is 24.8 Å². The first kappa shape index (κ1) is 22.3. The summed E-state index contributed by atoms with van der Waals surface area (Å²) in [6.07, 6.45) is 0. The minimum absolute atomic E-state index is 0. The minimum atomic E-state index is -0.258. The molecule has 142 valence electrons. The summed E-state index contributed by atoms with van der Waals surface area (Å²) in [5.74, 6) is -0.0604. The molecular weight excluding hydrogens is 369 g/mol. The molecule has 1 fully saturated rings. The Morgan fingerprint density at radius 2 is 1.38 bits per heavy atom. The van der Waals surface area contributed by atoms with Gasteiger partial charge in [0.2, 0.25) is 5.91 Å². The number of nitrogens with two attached hydrogens (primary N) is 1. The average molecular weight is 396 g/mol. The number of hydrogen-bond donors (Lipinski definition) is 1. The van der Waals surface area contributed by atoms with Gasteiger partial charge in [-0.3, -0.25) is 4.79 Å². The number of piperazine rings is 1. The molecule has 1 amide bonds. The van der Waals surface area contributed by atoms with Crippen molar-refractivity contribution in [1.29, 1.82) is 0 Å². The number of nitrogens with zero attached hydrogens (tertiary/aromatic N) is 2. The summed E-state index contributed by atoms with van der Waals surface area (Å²) in [5, 5.41) is 0. The van der Waals surface area contributed by atoms with Crippen LogP contribution in [-0.4, -0.2) is 37.0 Å². The summed E-state index contributed by atoms with van der Waals surface area (Å²) >= 11 is 0. The van der Waals surface area contributed by atoms with E-state index in [1.54, 1.807) is 0 Å². The van der Waals surface area contributed by atoms with Crippen molar-refractivity contribution in [2.24, 2.45) is 11.7 Å². The third kappa shape index (κ3) is 5.13. The molecule has 6 heteroatoms. The van der Waals surface area contributed by atoms with Gasteiger partial charge in [0.25, 0.3) is 0 Å². The molecule has 2 aromatic rings. The molecule has 0 spiro atoms. The smallest absolute Gasteiger partial charge is 0.227 e. The van der Waals surface area contributed by atoms with Crippen LogP contribution in [0.1, 0.15) is 18.5 Å². The van der Waals surface area contributed by atoms with Gasteiger partial charge in [-0.15, -0.1) is 24.8 Å². The number of halogens is 2. The van der Waals surface area contributed by atoms with E-state index in [1.807, 2.05) is 60.4 Å². The van der Waals surface area contributed by atoms with Crippen LogP contribution in [0.3, 0.4) is 0 Å². The molecule has 3 rings (SSSR count). The van der Waals surface area contributed by atoms with Crippen LogP contribution in [-0.2, 0) is 4.79 Å². The molecule has 1 heterocycles. The fourth-order valence-corrected chi connectivity index (χ4v) is 3.23. The van der Waals surface area contributed by atoms with Crippen LogP contribution in [0.15, 0.2) is 60.7 Å². The molecule has 0 aliphatic carbocycles. The van der Waals surface area contributed by atoms with E-state index in [0.717, 1.165) is 31.7 Å². The number of para-hydroxylation sites is 1. The van der Waals surface area contributed by atoms with Gasteiger partial charge in [0.1, 0.15) is 0 Å². The lowest BCUT2D eigenvalue weighted by atomic mass is 9.94. The normalized spacial score (nSPS) is 16.1. The quantitative estimate of drug-likeness (QED) is 0.861. The summed E-state index contributed by atoms with van der Waals surface area (Å²) in [6, 6.07) is 20.0. The van der Waals surface area contributed by atoms with Gasteiger partial charge in [0, 0.05) is 37.9 Å². The highest BCUT2D eigenvalue weighted by molar-refractivity contribution is 5.85. The van der Waals surface area contributed by atoms with Gasteiger partial charge in [-0.25, -0.2) is 0 Å². The first-order chi connectivity index (χ1) is 11.7. The Kier molecular flexibility index (Phi) is 8.93. The highest BCUT2D eigenvalue weighted by Crippen LogP contribution is 2.22. The van der Waals surface area contributed by atoms with E-state index in [9.17, 15) is 4.79 Å². The van der Waals surface area contributed by atoms with Crippen LogP contribution < -0.4 is 10.6 Å². The van der Waals surface area contributed by atoms with E-state index in [4.69, 9.17) is 5.73 Å². The monoisotopic (exact) mass is 395 g/mol. The van der Waals surface area contributed by atoms with Crippen LogP contribution in [0.25, 0.3) is 0 Å². The van der Waals surface area contributed by atoms with Crippen molar-refractivity contribution >= 4 is 36.4 Å². The lowest BCUT2D eigenvalue weighted by molar-refractivity contribution is -0.136. The van der Waals surface area contributed by atoms with E-state index < -0.39 is 0 Å². The maximum Gasteiger partial charge on any atom is 0.227 e. The number of anilines is 1. The molecular formula is C20H27Cl2N3O. The number of benzene rings is 2. The zero-order valence-corrected chi connectivity index (χ0v) is 16.6. The van der Waals surface area contributed by atoms with Crippen molar-refractivity contribution in [2.75, 3.05) is 31.1 Å². The van der Waals surface area contributed by atoms with Crippen LogP contribution in [0, 0.1) is 5.92 Å². The van der Waals surface area contributed by atoms with Crippen molar-refractivity contribution in [1.82, 2.24) is 4.90 Å². The lowest BCUT2D eigenvalue weighted by Gasteiger charge is -2.38. The van der Waals surface area contributed by atoms with Crippen LogP contribution in [0.2, 0.25) is 0 Å². The molecule has 1 aliphatic heterocycles. The fourth-order valence-electron chi connectivity index (χ4n) is 3.23. The maximum absolute atomic E-state index is 12.8. The molecule has 4 nitrogen and oxygen atoms in total. The highest BCUT2D eigenvalue weighted by Gasteiger charge is 2.29. The number of hydrogen-bond acceptors (Lipinski definition) is 3. The van der Waals surface area contributed by atoms with Gasteiger partial charge in [-0.2, -0.15) is 0 Å².